The summed E-state index contributed by atoms with van der Waals surface area (Å²) in [4.78, 5) is 0. The van der Waals surface area contributed by atoms with Crippen molar-refractivity contribution in [3.05, 3.63) is 52.5 Å². The molecule has 0 saturated carbocycles. The minimum Gasteiger partial charge on any atom is -0.330 e. The van der Waals surface area contributed by atoms with Crippen LogP contribution in [0.1, 0.15) is 5.56 Å². The van der Waals surface area contributed by atoms with Gasteiger partial charge in [-0.15, -0.1) is 5.10 Å². The van der Waals surface area contributed by atoms with Gasteiger partial charge in [-0.2, -0.15) is 0 Å². The molecule has 4 nitrogen and oxygen atoms in total. The van der Waals surface area contributed by atoms with Gasteiger partial charge >= 0.3 is 0 Å². The number of hydrogen-bond donors (Lipinski definition) is 1. The summed E-state index contributed by atoms with van der Waals surface area (Å²) in [5.41, 5.74) is 9.67. The van der Waals surface area contributed by atoms with E-state index in [1.165, 1.54) is 5.56 Å². The highest BCUT2D eigenvalue weighted by atomic mass is 79.9. The van der Waals surface area contributed by atoms with Crippen LogP contribution in [0.15, 0.2) is 46.9 Å². The molecule has 2 aromatic carbocycles. The van der Waals surface area contributed by atoms with Crippen molar-refractivity contribution in [1.82, 2.24) is 15.0 Å². The molecule has 0 amide bonds. The molecule has 0 spiro atoms. The van der Waals surface area contributed by atoms with Crippen LogP contribution in [0.3, 0.4) is 0 Å². The monoisotopic (exact) mass is 316 g/mol. The van der Waals surface area contributed by atoms with Gasteiger partial charge in [0.15, 0.2) is 0 Å². The predicted octanol–water partition coefficient (Wildman–Crippen LogP) is 2.68. The normalized spacial score (nSPS) is 11.1. The molecule has 19 heavy (non-hydrogen) atoms. The lowest BCUT2D eigenvalue weighted by atomic mass is 10.1. The van der Waals surface area contributed by atoms with E-state index in [2.05, 4.69) is 32.3 Å². The highest BCUT2D eigenvalue weighted by molar-refractivity contribution is 9.10. The lowest BCUT2D eigenvalue weighted by Gasteiger charge is -2.07. The number of fused-ring (bicyclic) bond motifs is 1. The number of nitrogens with two attached hydrogens (primary N) is 1. The standard InChI is InChI=1S/C14H13BrN4/c15-12-9-11(6-5-10(12)7-8-16)19-14-4-2-1-3-13(14)17-18-19/h1-6,9H,7-8,16H2. The molecule has 0 radical (unpaired) electrons. The van der Waals surface area contributed by atoms with Gasteiger partial charge in [-0.25, -0.2) is 4.68 Å². The smallest absolute Gasteiger partial charge is 0.113 e. The van der Waals surface area contributed by atoms with Crippen molar-refractivity contribution in [2.24, 2.45) is 5.73 Å². The van der Waals surface area contributed by atoms with Crippen LogP contribution in [0.5, 0.6) is 0 Å². The molecule has 5 heteroatoms. The average molecular weight is 317 g/mol. The second-order valence-corrected chi connectivity index (χ2v) is 5.16. The maximum atomic E-state index is 5.59. The fraction of sp³-hybridized carbons (Fsp3) is 0.143. The maximum absolute atomic E-state index is 5.59. The van der Waals surface area contributed by atoms with E-state index < -0.39 is 0 Å². The predicted molar refractivity (Wildman–Crippen MR) is 79.3 cm³/mol. The molecule has 0 fully saturated rings. The number of halogens is 1. The Kier molecular flexibility index (Phi) is 3.31. The molecule has 3 aromatic rings. The van der Waals surface area contributed by atoms with Crippen molar-refractivity contribution in [2.75, 3.05) is 6.54 Å². The van der Waals surface area contributed by atoms with Crippen LogP contribution in [-0.2, 0) is 6.42 Å². The van der Waals surface area contributed by atoms with Gasteiger partial charge in [0.25, 0.3) is 0 Å². The van der Waals surface area contributed by atoms with Crippen LogP contribution in [0.4, 0.5) is 0 Å². The minimum absolute atomic E-state index is 0.643. The van der Waals surface area contributed by atoms with E-state index in [-0.39, 0.29) is 0 Å². The third-order valence-corrected chi connectivity index (χ3v) is 3.78. The van der Waals surface area contributed by atoms with Gasteiger partial charge in [0, 0.05) is 4.47 Å². The zero-order chi connectivity index (χ0) is 13.2. The van der Waals surface area contributed by atoms with E-state index in [4.69, 9.17) is 5.73 Å². The summed E-state index contributed by atoms with van der Waals surface area (Å²) in [5.74, 6) is 0. The number of nitrogens with zero attached hydrogens (tertiary/aromatic N) is 3. The Hall–Kier alpha value is -1.72. The molecule has 0 aliphatic rings. The summed E-state index contributed by atoms with van der Waals surface area (Å²) in [6.07, 6.45) is 0.860. The summed E-state index contributed by atoms with van der Waals surface area (Å²) < 4.78 is 2.89. The molecule has 1 heterocycles. The summed E-state index contributed by atoms with van der Waals surface area (Å²) >= 11 is 3.58. The Bertz CT molecular complexity index is 720. The number of rotatable bonds is 3. The minimum atomic E-state index is 0.643. The number of hydrogen-bond acceptors (Lipinski definition) is 3. The molecule has 0 atom stereocenters. The zero-order valence-electron chi connectivity index (χ0n) is 10.3. The lowest BCUT2D eigenvalue weighted by molar-refractivity contribution is 0.822. The zero-order valence-corrected chi connectivity index (χ0v) is 11.8. The lowest BCUT2D eigenvalue weighted by Crippen LogP contribution is -2.04. The van der Waals surface area contributed by atoms with Crippen molar-refractivity contribution in [3.8, 4) is 5.69 Å². The molecule has 0 unspecified atom stereocenters. The van der Waals surface area contributed by atoms with Crippen LogP contribution in [0.2, 0.25) is 0 Å². The van der Waals surface area contributed by atoms with Gasteiger partial charge in [0.1, 0.15) is 5.52 Å². The van der Waals surface area contributed by atoms with Crippen LogP contribution < -0.4 is 5.73 Å². The van der Waals surface area contributed by atoms with Crippen molar-refractivity contribution in [3.63, 3.8) is 0 Å². The Morgan fingerprint density at radius 1 is 1.16 bits per heavy atom. The molecule has 0 aliphatic heterocycles. The first-order chi connectivity index (χ1) is 9.29. The van der Waals surface area contributed by atoms with E-state index in [0.29, 0.717) is 6.54 Å². The first kappa shape index (κ1) is 12.3. The Morgan fingerprint density at radius 2 is 2.00 bits per heavy atom. The average Bonchev–Trinajstić information content (AvgIpc) is 2.85. The van der Waals surface area contributed by atoms with Crippen molar-refractivity contribution in [2.45, 2.75) is 6.42 Å². The largest absolute Gasteiger partial charge is 0.330 e. The SMILES string of the molecule is NCCc1ccc(-n2nnc3ccccc32)cc1Br. The van der Waals surface area contributed by atoms with Gasteiger partial charge in [-0.1, -0.05) is 39.3 Å². The molecule has 96 valence electrons. The molecular weight excluding hydrogens is 304 g/mol. The number of benzene rings is 2. The number of aromatic nitrogens is 3. The highest BCUT2D eigenvalue weighted by Crippen LogP contribution is 2.23. The second kappa shape index (κ2) is 5.11. The summed E-state index contributed by atoms with van der Waals surface area (Å²) in [5, 5.41) is 8.36. The van der Waals surface area contributed by atoms with E-state index >= 15 is 0 Å². The summed E-state index contributed by atoms with van der Waals surface area (Å²) in [6.45, 7) is 0.643. The van der Waals surface area contributed by atoms with E-state index in [9.17, 15) is 0 Å². The van der Waals surface area contributed by atoms with Crippen LogP contribution in [0.25, 0.3) is 16.7 Å². The maximum Gasteiger partial charge on any atom is 0.113 e. The topological polar surface area (TPSA) is 56.7 Å². The van der Waals surface area contributed by atoms with E-state index in [0.717, 1.165) is 27.6 Å². The number of para-hydroxylation sites is 1. The van der Waals surface area contributed by atoms with Crippen molar-refractivity contribution < 1.29 is 0 Å². The van der Waals surface area contributed by atoms with Gasteiger partial charge in [-0.05, 0) is 42.8 Å². The van der Waals surface area contributed by atoms with Gasteiger partial charge in [0.05, 0.1) is 11.2 Å². The molecule has 1 aromatic heterocycles. The Balaban J connectivity index is 2.09. The third kappa shape index (κ3) is 2.27. The van der Waals surface area contributed by atoms with Gasteiger partial charge in [-0.3, -0.25) is 0 Å². The first-order valence-electron chi connectivity index (χ1n) is 6.09. The van der Waals surface area contributed by atoms with Gasteiger partial charge < -0.3 is 5.73 Å². The summed E-state index contributed by atoms with van der Waals surface area (Å²) in [7, 11) is 0. The third-order valence-electron chi connectivity index (χ3n) is 3.05. The molecule has 2 N–H and O–H groups in total. The Morgan fingerprint density at radius 3 is 2.79 bits per heavy atom. The van der Waals surface area contributed by atoms with Gasteiger partial charge in [0.2, 0.25) is 0 Å². The van der Waals surface area contributed by atoms with E-state index in [1.54, 1.807) is 0 Å². The summed E-state index contributed by atoms with van der Waals surface area (Å²) in [6, 6.07) is 14.1. The fourth-order valence-electron chi connectivity index (χ4n) is 2.09. The Labute approximate surface area is 119 Å². The fourth-order valence-corrected chi connectivity index (χ4v) is 2.65. The van der Waals surface area contributed by atoms with Crippen LogP contribution >= 0.6 is 15.9 Å². The van der Waals surface area contributed by atoms with Crippen LogP contribution in [-0.4, -0.2) is 21.5 Å². The molecule has 3 rings (SSSR count). The second-order valence-electron chi connectivity index (χ2n) is 4.30. The molecular formula is C14H13BrN4. The van der Waals surface area contributed by atoms with Crippen molar-refractivity contribution in [1.29, 1.82) is 0 Å². The molecule has 0 bridgehead atoms. The molecule has 0 aliphatic carbocycles. The van der Waals surface area contributed by atoms with Crippen LogP contribution in [0, 0.1) is 0 Å². The van der Waals surface area contributed by atoms with E-state index in [1.807, 2.05) is 41.1 Å². The highest BCUT2D eigenvalue weighted by Gasteiger charge is 2.07. The first-order valence-corrected chi connectivity index (χ1v) is 6.88. The quantitative estimate of drug-likeness (QED) is 0.808. The van der Waals surface area contributed by atoms with Crippen molar-refractivity contribution >= 4 is 27.0 Å². The molecule has 0 saturated heterocycles.